The first-order chi connectivity index (χ1) is 8.60. The van der Waals surface area contributed by atoms with Gasteiger partial charge in [0.25, 0.3) is 0 Å². The molecule has 2 heterocycles. The highest BCUT2D eigenvalue weighted by Crippen LogP contribution is 2.31. The maximum atomic E-state index is 11.9. The van der Waals surface area contributed by atoms with E-state index < -0.39 is 0 Å². The normalized spacial score (nSPS) is 19.6. The molecule has 1 aromatic rings. The van der Waals surface area contributed by atoms with Gasteiger partial charge in [-0.25, -0.2) is 0 Å². The molecule has 18 heavy (non-hydrogen) atoms. The zero-order chi connectivity index (χ0) is 13.1. The molecule has 0 aliphatic carbocycles. The molecule has 1 amide bonds. The lowest BCUT2D eigenvalue weighted by Crippen LogP contribution is -2.24. The molecule has 98 valence electrons. The standard InChI is InChI=1S/C10H13N3O2S3/c1-6(14)17-5-7-3-8(15)13(4-7)9-11-12-10(16-2)18-9/h7H,3-5H2,1-2H3. The predicted molar refractivity (Wildman–Crippen MR) is 75.3 cm³/mol. The number of carbonyl (C=O) groups excluding carboxylic acids is 2. The van der Waals surface area contributed by atoms with Crippen molar-refractivity contribution in [2.75, 3.05) is 23.5 Å². The van der Waals surface area contributed by atoms with E-state index in [1.54, 1.807) is 11.8 Å². The highest BCUT2D eigenvalue weighted by Gasteiger charge is 2.32. The van der Waals surface area contributed by atoms with Crippen LogP contribution in [0.2, 0.25) is 0 Å². The fourth-order valence-corrected chi connectivity index (χ4v) is 3.69. The van der Waals surface area contributed by atoms with Crippen molar-refractivity contribution < 1.29 is 9.59 Å². The summed E-state index contributed by atoms with van der Waals surface area (Å²) in [6, 6.07) is 0. The number of hydrogen-bond donors (Lipinski definition) is 0. The average Bonchev–Trinajstić information content (AvgIpc) is 2.92. The van der Waals surface area contributed by atoms with Gasteiger partial charge in [-0.1, -0.05) is 34.9 Å². The summed E-state index contributed by atoms with van der Waals surface area (Å²) in [4.78, 5) is 24.5. The van der Waals surface area contributed by atoms with Gasteiger partial charge in [-0.15, -0.1) is 10.2 Å². The first kappa shape index (κ1) is 13.8. The van der Waals surface area contributed by atoms with Gasteiger partial charge in [0, 0.05) is 25.6 Å². The molecular weight excluding hydrogens is 290 g/mol. The third-order valence-electron chi connectivity index (χ3n) is 2.53. The van der Waals surface area contributed by atoms with E-state index in [2.05, 4.69) is 10.2 Å². The summed E-state index contributed by atoms with van der Waals surface area (Å²) in [5.41, 5.74) is 0. The van der Waals surface area contributed by atoms with Gasteiger partial charge in [0.1, 0.15) is 0 Å². The van der Waals surface area contributed by atoms with E-state index in [0.717, 1.165) is 4.34 Å². The van der Waals surface area contributed by atoms with Crippen LogP contribution in [0.25, 0.3) is 0 Å². The number of carbonyl (C=O) groups is 2. The molecule has 0 radical (unpaired) electrons. The number of anilines is 1. The molecule has 1 unspecified atom stereocenters. The molecule has 1 fully saturated rings. The fourth-order valence-electron chi connectivity index (χ4n) is 1.71. The first-order valence-electron chi connectivity index (χ1n) is 5.41. The largest absolute Gasteiger partial charge is 0.288 e. The molecule has 0 aromatic carbocycles. The van der Waals surface area contributed by atoms with Gasteiger partial charge in [0.05, 0.1) is 0 Å². The third-order valence-corrected chi connectivity index (χ3v) is 5.50. The zero-order valence-electron chi connectivity index (χ0n) is 10.1. The lowest BCUT2D eigenvalue weighted by molar-refractivity contribution is -0.117. The molecule has 2 rings (SSSR count). The van der Waals surface area contributed by atoms with E-state index in [-0.39, 0.29) is 16.9 Å². The van der Waals surface area contributed by atoms with Crippen LogP contribution in [0.5, 0.6) is 0 Å². The Hall–Kier alpha value is -0.600. The molecule has 8 heteroatoms. The maximum absolute atomic E-state index is 11.9. The molecule has 1 aromatic heterocycles. The lowest BCUT2D eigenvalue weighted by Gasteiger charge is -2.11. The number of nitrogens with zero attached hydrogens (tertiary/aromatic N) is 3. The number of aromatic nitrogens is 2. The number of rotatable bonds is 4. The summed E-state index contributed by atoms with van der Waals surface area (Å²) < 4.78 is 0.861. The van der Waals surface area contributed by atoms with E-state index in [0.29, 0.717) is 23.8 Å². The van der Waals surface area contributed by atoms with Crippen LogP contribution in [0.15, 0.2) is 4.34 Å². The SMILES string of the molecule is CSc1nnc(N2CC(CSC(C)=O)CC2=O)s1. The second kappa shape index (κ2) is 6.03. The summed E-state index contributed by atoms with van der Waals surface area (Å²) in [5, 5.41) is 8.78. The van der Waals surface area contributed by atoms with Gasteiger partial charge in [0.2, 0.25) is 11.0 Å². The Bertz CT molecular complexity index is 463. The van der Waals surface area contributed by atoms with Crippen molar-refractivity contribution in [3.05, 3.63) is 0 Å². The maximum Gasteiger partial charge on any atom is 0.229 e. The summed E-state index contributed by atoms with van der Waals surface area (Å²) in [6.45, 7) is 2.19. The molecule has 0 bridgehead atoms. The molecule has 1 aliphatic heterocycles. The molecule has 1 saturated heterocycles. The van der Waals surface area contributed by atoms with E-state index >= 15 is 0 Å². The number of hydrogen-bond acceptors (Lipinski definition) is 7. The number of thioether (sulfide) groups is 2. The second-order valence-corrected chi connectivity index (χ2v) is 7.14. The van der Waals surface area contributed by atoms with Crippen molar-refractivity contribution in [3.63, 3.8) is 0 Å². The zero-order valence-corrected chi connectivity index (χ0v) is 12.5. The van der Waals surface area contributed by atoms with Crippen molar-refractivity contribution in [2.24, 2.45) is 5.92 Å². The van der Waals surface area contributed by atoms with Crippen molar-refractivity contribution >= 4 is 51.0 Å². The molecule has 1 atom stereocenters. The quantitative estimate of drug-likeness (QED) is 0.625. The van der Waals surface area contributed by atoms with Gasteiger partial charge >= 0.3 is 0 Å². The molecule has 0 saturated carbocycles. The predicted octanol–water partition coefficient (Wildman–Crippen LogP) is 1.89. The van der Waals surface area contributed by atoms with Crippen LogP contribution in [-0.2, 0) is 9.59 Å². The summed E-state index contributed by atoms with van der Waals surface area (Å²) in [7, 11) is 0. The van der Waals surface area contributed by atoms with Gasteiger partial charge in [-0.2, -0.15) is 0 Å². The average molecular weight is 303 g/mol. The Morgan fingerprint density at radius 3 is 2.94 bits per heavy atom. The summed E-state index contributed by atoms with van der Waals surface area (Å²) in [6.07, 6.45) is 2.43. The fraction of sp³-hybridized carbons (Fsp3) is 0.600. The van der Waals surface area contributed by atoms with E-state index in [1.807, 2.05) is 6.26 Å². The van der Waals surface area contributed by atoms with Gasteiger partial charge < -0.3 is 0 Å². The van der Waals surface area contributed by atoms with Gasteiger partial charge in [0.15, 0.2) is 9.45 Å². The van der Waals surface area contributed by atoms with Gasteiger partial charge in [-0.05, 0) is 12.2 Å². The Morgan fingerprint density at radius 1 is 1.56 bits per heavy atom. The van der Waals surface area contributed by atoms with E-state index in [1.165, 1.54) is 34.9 Å². The third kappa shape index (κ3) is 3.24. The highest BCUT2D eigenvalue weighted by molar-refractivity contribution is 8.13. The van der Waals surface area contributed by atoms with Crippen LogP contribution < -0.4 is 4.90 Å². The minimum Gasteiger partial charge on any atom is -0.288 e. The molecule has 5 nitrogen and oxygen atoms in total. The minimum absolute atomic E-state index is 0.0768. The number of amides is 1. The van der Waals surface area contributed by atoms with Crippen molar-refractivity contribution in [3.8, 4) is 0 Å². The lowest BCUT2D eigenvalue weighted by atomic mass is 10.1. The van der Waals surface area contributed by atoms with E-state index in [4.69, 9.17) is 0 Å². The minimum atomic E-state index is 0.0768. The van der Waals surface area contributed by atoms with Crippen molar-refractivity contribution in [1.82, 2.24) is 10.2 Å². The first-order valence-corrected chi connectivity index (χ1v) is 8.44. The Kier molecular flexibility index (Phi) is 4.63. The van der Waals surface area contributed by atoms with Crippen molar-refractivity contribution in [1.29, 1.82) is 0 Å². The van der Waals surface area contributed by atoms with Crippen LogP contribution in [0.3, 0.4) is 0 Å². The Morgan fingerprint density at radius 2 is 2.33 bits per heavy atom. The smallest absolute Gasteiger partial charge is 0.229 e. The van der Waals surface area contributed by atoms with E-state index in [9.17, 15) is 9.59 Å². The van der Waals surface area contributed by atoms with Crippen LogP contribution in [-0.4, -0.2) is 39.8 Å². The second-order valence-electron chi connectivity index (χ2n) is 3.93. The van der Waals surface area contributed by atoms with Crippen LogP contribution in [0.4, 0.5) is 5.13 Å². The Balaban J connectivity index is 1.98. The molecule has 0 N–H and O–H groups in total. The topological polar surface area (TPSA) is 63.2 Å². The molecule has 1 aliphatic rings. The van der Waals surface area contributed by atoms with Crippen LogP contribution in [0.1, 0.15) is 13.3 Å². The summed E-state index contributed by atoms with van der Waals surface area (Å²) >= 11 is 4.24. The van der Waals surface area contributed by atoms with Crippen LogP contribution in [0, 0.1) is 5.92 Å². The Labute approximate surface area is 118 Å². The molecule has 0 spiro atoms. The monoisotopic (exact) mass is 303 g/mol. The van der Waals surface area contributed by atoms with Gasteiger partial charge in [-0.3, -0.25) is 14.5 Å². The highest BCUT2D eigenvalue weighted by atomic mass is 32.2. The van der Waals surface area contributed by atoms with Crippen molar-refractivity contribution in [2.45, 2.75) is 17.7 Å². The summed E-state index contributed by atoms with van der Waals surface area (Å²) in [5.74, 6) is 1.01. The molecular formula is C10H13N3O2S3. The van der Waals surface area contributed by atoms with Crippen LogP contribution >= 0.6 is 34.9 Å².